The van der Waals surface area contributed by atoms with Gasteiger partial charge in [-0.25, -0.2) is 4.79 Å². The minimum absolute atomic E-state index is 0.0225. The first-order chi connectivity index (χ1) is 10.7. The van der Waals surface area contributed by atoms with E-state index in [0.29, 0.717) is 6.42 Å². The third kappa shape index (κ3) is 3.35. The standard InChI is InChI=1S/C16H21NO5S/c1-15(8-9-15)11-16(2)12-22-23(19,20)17(16)14(18)21-10-13-6-4-3-5-7-13/h3-7H,8-12H2,1-2H3. The second-order valence-electron chi connectivity index (χ2n) is 7.01. The first-order valence-corrected chi connectivity index (χ1v) is 9.01. The van der Waals surface area contributed by atoms with E-state index in [1.54, 1.807) is 6.92 Å². The number of carbonyl (C=O) groups is 1. The number of hydrogen-bond acceptors (Lipinski definition) is 5. The maximum absolute atomic E-state index is 12.4. The fourth-order valence-corrected chi connectivity index (χ4v) is 4.51. The maximum Gasteiger partial charge on any atom is 0.426 e. The van der Waals surface area contributed by atoms with Gasteiger partial charge in [-0.3, -0.25) is 4.18 Å². The molecule has 1 amide bonds. The first-order valence-electron chi connectivity index (χ1n) is 7.65. The number of rotatable bonds is 4. The molecule has 0 N–H and O–H groups in total. The molecular weight excluding hydrogens is 318 g/mol. The summed E-state index contributed by atoms with van der Waals surface area (Å²) in [4.78, 5) is 12.4. The van der Waals surface area contributed by atoms with Crippen LogP contribution in [-0.2, 0) is 25.8 Å². The van der Waals surface area contributed by atoms with Gasteiger partial charge in [0.05, 0.1) is 12.1 Å². The summed E-state index contributed by atoms with van der Waals surface area (Å²) in [5, 5.41) is 0. The number of benzene rings is 1. The zero-order valence-corrected chi connectivity index (χ0v) is 14.1. The first kappa shape index (κ1) is 16.3. The summed E-state index contributed by atoms with van der Waals surface area (Å²) in [5.41, 5.74) is -0.0115. The summed E-state index contributed by atoms with van der Waals surface area (Å²) in [7, 11) is -4.08. The normalized spacial score (nSPS) is 27.7. The summed E-state index contributed by atoms with van der Waals surface area (Å²) in [6, 6.07) is 9.14. The molecule has 1 atom stereocenters. The van der Waals surface area contributed by atoms with Crippen LogP contribution in [0.25, 0.3) is 0 Å². The highest BCUT2D eigenvalue weighted by molar-refractivity contribution is 7.85. The van der Waals surface area contributed by atoms with E-state index in [9.17, 15) is 13.2 Å². The molecule has 2 fully saturated rings. The van der Waals surface area contributed by atoms with Crippen molar-refractivity contribution in [2.75, 3.05) is 6.61 Å². The van der Waals surface area contributed by atoms with E-state index in [1.807, 2.05) is 30.3 Å². The lowest BCUT2D eigenvalue weighted by molar-refractivity contribution is 0.0864. The second kappa shape index (κ2) is 5.49. The van der Waals surface area contributed by atoms with Gasteiger partial charge in [-0.1, -0.05) is 37.3 Å². The quantitative estimate of drug-likeness (QED) is 0.843. The Balaban J connectivity index is 1.75. The van der Waals surface area contributed by atoms with Crippen LogP contribution >= 0.6 is 0 Å². The smallest absolute Gasteiger partial charge is 0.426 e. The largest absolute Gasteiger partial charge is 0.444 e. The molecule has 1 unspecified atom stereocenters. The zero-order valence-electron chi connectivity index (χ0n) is 13.3. The molecule has 1 aromatic carbocycles. The van der Waals surface area contributed by atoms with Gasteiger partial charge in [-0.15, -0.1) is 0 Å². The van der Waals surface area contributed by atoms with Crippen molar-refractivity contribution in [2.24, 2.45) is 5.41 Å². The van der Waals surface area contributed by atoms with E-state index in [1.165, 1.54) is 0 Å². The maximum atomic E-state index is 12.4. The molecule has 7 heteroatoms. The lowest BCUT2D eigenvalue weighted by Crippen LogP contribution is -2.49. The van der Waals surface area contributed by atoms with Crippen LogP contribution in [0, 0.1) is 5.41 Å². The topological polar surface area (TPSA) is 72.9 Å². The van der Waals surface area contributed by atoms with Crippen LogP contribution in [0.15, 0.2) is 30.3 Å². The number of nitrogens with zero attached hydrogens (tertiary/aromatic N) is 1. The molecule has 126 valence electrons. The van der Waals surface area contributed by atoms with Crippen molar-refractivity contribution in [2.45, 2.75) is 45.3 Å². The summed E-state index contributed by atoms with van der Waals surface area (Å²) in [6.45, 7) is 3.84. The summed E-state index contributed by atoms with van der Waals surface area (Å²) >= 11 is 0. The van der Waals surface area contributed by atoms with Gasteiger partial charge in [-0.2, -0.15) is 12.7 Å². The van der Waals surface area contributed by atoms with Crippen LogP contribution in [0.2, 0.25) is 0 Å². The average molecular weight is 339 g/mol. The predicted molar refractivity (Wildman–Crippen MR) is 83.7 cm³/mol. The van der Waals surface area contributed by atoms with E-state index in [4.69, 9.17) is 8.92 Å². The van der Waals surface area contributed by atoms with Crippen molar-refractivity contribution in [1.29, 1.82) is 0 Å². The van der Waals surface area contributed by atoms with Crippen molar-refractivity contribution >= 4 is 16.4 Å². The predicted octanol–water partition coefficient (Wildman–Crippen LogP) is 2.85. The molecular formula is C16H21NO5S. The molecule has 0 spiro atoms. The SMILES string of the molecule is CC1(CC2(C)COS(=O)(=O)N2C(=O)OCc2ccccc2)CC1. The highest BCUT2D eigenvalue weighted by Gasteiger charge is 2.56. The Kier molecular flexibility index (Phi) is 3.88. The molecule has 0 bridgehead atoms. The number of carbonyl (C=O) groups excluding carboxylic acids is 1. The number of hydrogen-bond donors (Lipinski definition) is 0. The second-order valence-corrected chi connectivity index (χ2v) is 8.47. The Bertz CT molecular complexity index is 698. The van der Waals surface area contributed by atoms with Crippen LogP contribution in [0.1, 0.15) is 38.7 Å². The van der Waals surface area contributed by atoms with E-state index in [2.05, 4.69) is 6.92 Å². The molecule has 0 radical (unpaired) electrons. The van der Waals surface area contributed by atoms with Gasteiger partial charge in [0, 0.05) is 0 Å². The van der Waals surface area contributed by atoms with Gasteiger partial charge in [0.2, 0.25) is 0 Å². The van der Waals surface area contributed by atoms with Crippen molar-refractivity contribution < 1.29 is 22.1 Å². The van der Waals surface area contributed by atoms with E-state index in [-0.39, 0.29) is 18.6 Å². The van der Waals surface area contributed by atoms with Crippen molar-refractivity contribution in [3.05, 3.63) is 35.9 Å². The number of ether oxygens (including phenoxy) is 1. The van der Waals surface area contributed by atoms with Gasteiger partial charge >= 0.3 is 16.4 Å². The molecule has 23 heavy (non-hydrogen) atoms. The summed E-state index contributed by atoms with van der Waals surface area (Å²) in [5.74, 6) is 0. The Morgan fingerprint density at radius 1 is 1.26 bits per heavy atom. The Morgan fingerprint density at radius 3 is 2.52 bits per heavy atom. The molecule has 6 nitrogen and oxygen atoms in total. The molecule has 1 aliphatic carbocycles. The molecule has 0 aromatic heterocycles. The minimum atomic E-state index is -4.08. The van der Waals surface area contributed by atoms with Crippen LogP contribution in [0.5, 0.6) is 0 Å². The lowest BCUT2D eigenvalue weighted by Gasteiger charge is -2.32. The molecule has 1 aromatic rings. The highest BCUT2D eigenvalue weighted by atomic mass is 32.2. The van der Waals surface area contributed by atoms with E-state index < -0.39 is 21.9 Å². The fraction of sp³-hybridized carbons (Fsp3) is 0.562. The Labute approximate surface area is 136 Å². The number of amides is 1. The van der Waals surface area contributed by atoms with Gasteiger partial charge in [-0.05, 0) is 37.2 Å². The lowest BCUT2D eigenvalue weighted by atomic mass is 9.88. The van der Waals surface area contributed by atoms with Crippen LogP contribution in [-0.4, -0.2) is 31.0 Å². The van der Waals surface area contributed by atoms with Crippen molar-refractivity contribution in [1.82, 2.24) is 4.31 Å². The molecule has 3 rings (SSSR count). The molecule has 1 aliphatic heterocycles. The van der Waals surface area contributed by atoms with Crippen molar-refractivity contribution in [3.63, 3.8) is 0 Å². The van der Waals surface area contributed by atoms with Crippen LogP contribution < -0.4 is 0 Å². The van der Waals surface area contributed by atoms with Gasteiger partial charge in [0.1, 0.15) is 6.61 Å². The Morgan fingerprint density at radius 2 is 1.91 bits per heavy atom. The summed E-state index contributed by atoms with van der Waals surface area (Å²) in [6.07, 6.45) is 1.78. The molecule has 1 saturated carbocycles. The molecule has 2 aliphatic rings. The Hall–Kier alpha value is -1.60. The molecule has 1 heterocycles. The molecule has 1 saturated heterocycles. The van der Waals surface area contributed by atoms with Gasteiger partial charge in [0.25, 0.3) is 0 Å². The minimum Gasteiger partial charge on any atom is -0.444 e. The zero-order chi connectivity index (χ0) is 16.7. The van der Waals surface area contributed by atoms with E-state index >= 15 is 0 Å². The van der Waals surface area contributed by atoms with Gasteiger partial charge in [0.15, 0.2) is 0 Å². The monoisotopic (exact) mass is 339 g/mol. The highest BCUT2D eigenvalue weighted by Crippen LogP contribution is 2.53. The van der Waals surface area contributed by atoms with E-state index in [0.717, 1.165) is 22.7 Å². The third-order valence-corrected chi connectivity index (χ3v) is 5.97. The van der Waals surface area contributed by atoms with Gasteiger partial charge < -0.3 is 4.74 Å². The third-order valence-electron chi connectivity index (χ3n) is 4.51. The fourth-order valence-electron chi connectivity index (χ4n) is 3.10. The van der Waals surface area contributed by atoms with Crippen LogP contribution in [0.4, 0.5) is 4.79 Å². The average Bonchev–Trinajstić information content (AvgIpc) is 3.15. The van der Waals surface area contributed by atoms with Crippen molar-refractivity contribution in [3.8, 4) is 0 Å². The van der Waals surface area contributed by atoms with Crippen LogP contribution in [0.3, 0.4) is 0 Å². The summed E-state index contributed by atoms with van der Waals surface area (Å²) < 4.78 is 35.2.